The van der Waals surface area contributed by atoms with Gasteiger partial charge in [-0.3, -0.25) is 17.2 Å². The molecule has 4 heteroatoms. The molecular formula is C5H16N4. The highest BCUT2D eigenvalue weighted by atomic mass is 15.2. The fraction of sp³-hybridized carbons (Fsp3) is 1.00. The largest absolute Gasteiger partial charge is 0.324 e. The molecule has 1 unspecified atom stereocenters. The van der Waals surface area contributed by atoms with Crippen LogP contribution in [0.25, 0.3) is 0 Å². The molecule has 0 aromatic rings. The minimum absolute atomic E-state index is 0.213. The molecule has 0 fully saturated rings. The summed E-state index contributed by atoms with van der Waals surface area (Å²) in [4.78, 5) is 0. The highest BCUT2D eigenvalue weighted by Gasteiger charge is 2.24. The normalized spacial score (nSPS) is 16.3. The van der Waals surface area contributed by atoms with Gasteiger partial charge in [0.05, 0.1) is 6.04 Å². The Morgan fingerprint density at radius 3 is 1.44 bits per heavy atom. The van der Waals surface area contributed by atoms with Gasteiger partial charge in [-0.2, -0.15) is 0 Å². The van der Waals surface area contributed by atoms with Crippen molar-refractivity contribution in [1.82, 2.24) is 0 Å². The Kier molecular flexibility index (Phi) is 2.57. The molecule has 0 saturated carbocycles. The zero-order chi connectivity index (χ0) is 7.65. The fourth-order valence-electron chi connectivity index (χ4n) is 0.577. The maximum atomic E-state index is 5.52. The summed E-state index contributed by atoms with van der Waals surface area (Å²) in [5, 5.41) is 0. The molecule has 0 aromatic carbocycles. The summed E-state index contributed by atoms with van der Waals surface area (Å²) < 4.78 is 0. The number of nitrogens with two attached hydrogens (primary N) is 4. The van der Waals surface area contributed by atoms with Gasteiger partial charge in [-0.1, -0.05) is 13.8 Å². The number of hydrogen-bond acceptors (Lipinski definition) is 4. The van der Waals surface area contributed by atoms with Crippen LogP contribution >= 0.6 is 0 Å². The lowest BCUT2D eigenvalue weighted by Crippen LogP contribution is -2.70. The lowest BCUT2D eigenvalue weighted by Gasteiger charge is -2.29. The Bertz CT molecular complexity index is 83.4. The first-order valence-electron chi connectivity index (χ1n) is 2.98. The maximum Gasteiger partial charge on any atom is 0.131 e. The molecule has 0 saturated heterocycles. The quantitative estimate of drug-likeness (QED) is 0.343. The van der Waals surface area contributed by atoms with Crippen LogP contribution in [0.15, 0.2) is 0 Å². The van der Waals surface area contributed by atoms with Gasteiger partial charge in [-0.25, -0.2) is 0 Å². The highest BCUT2D eigenvalue weighted by Crippen LogP contribution is 2.01. The second kappa shape index (κ2) is 2.62. The average Bonchev–Trinajstić information content (AvgIpc) is 1.62. The minimum Gasteiger partial charge on any atom is -0.324 e. The van der Waals surface area contributed by atoms with Gasteiger partial charge in [0.15, 0.2) is 0 Å². The van der Waals surface area contributed by atoms with Crippen LogP contribution in [-0.2, 0) is 0 Å². The van der Waals surface area contributed by atoms with E-state index in [1.807, 2.05) is 13.8 Å². The molecule has 0 aliphatic carbocycles. The second-order valence-corrected chi connectivity index (χ2v) is 2.77. The highest BCUT2D eigenvalue weighted by molar-refractivity contribution is 4.84. The van der Waals surface area contributed by atoms with Crippen LogP contribution in [0.5, 0.6) is 0 Å². The molecule has 0 aliphatic rings. The zero-order valence-corrected chi connectivity index (χ0v) is 5.96. The third kappa shape index (κ3) is 2.76. The molecule has 0 bridgehead atoms. The van der Waals surface area contributed by atoms with Crippen molar-refractivity contribution in [2.75, 3.05) is 0 Å². The smallest absolute Gasteiger partial charge is 0.131 e. The van der Waals surface area contributed by atoms with Gasteiger partial charge in [0.1, 0.15) is 5.79 Å². The standard InChI is InChI=1S/C5H16N4/c1-3(2)4(6)5(7,8)9/h3-4H,6-9H2,1-2H3. The first-order chi connectivity index (χ1) is 3.85. The summed E-state index contributed by atoms with van der Waals surface area (Å²) in [6.45, 7) is 3.85. The molecule has 0 aromatic heterocycles. The molecule has 4 nitrogen and oxygen atoms in total. The Labute approximate surface area is 55.6 Å². The zero-order valence-electron chi connectivity index (χ0n) is 5.96. The van der Waals surface area contributed by atoms with Gasteiger partial charge in [0.2, 0.25) is 0 Å². The molecule has 8 N–H and O–H groups in total. The summed E-state index contributed by atoms with van der Waals surface area (Å²) >= 11 is 0. The third-order valence-corrected chi connectivity index (χ3v) is 1.30. The van der Waals surface area contributed by atoms with Crippen molar-refractivity contribution >= 4 is 0 Å². The van der Waals surface area contributed by atoms with E-state index in [0.29, 0.717) is 0 Å². The van der Waals surface area contributed by atoms with Gasteiger partial charge < -0.3 is 5.73 Å². The minimum atomic E-state index is -1.24. The first kappa shape index (κ1) is 8.84. The van der Waals surface area contributed by atoms with Gasteiger partial charge in [-0.05, 0) is 5.92 Å². The molecular weight excluding hydrogens is 116 g/mol. The van der Waals surface area contributed by atoms with Gasteiger partial charge in [0.25, 0.3) is 0 Å². The molecule has 0 aliphatic heterocycles. The van der Waals surface area contributed by atoms with E-state index in [4.69, 9.17) is 22.9 Å². The van der Waals surface area contributed by atoms with Gasteiger partial charge >= 0.3 is 0 Å². The predicted molar refractivity (Wildman–Crippen MR) is 38.1 cm³/mol. The molecule has 0 amide bonds. The van der Waals surface area contributed by atoms with Crippen molar-refractivity contribution in [2.45, 2.75) is 25.7 Å². The molecule has 0 heterocycles. The second-order valence-electron chi connectivity index (χ2n) is 2.77. The Hall–Kier alpha value is -0.160. The summed E-state index contributed by atoms with van der Waals surface area (Å²) in [5.74, 6) is -1.03. The molecule has 1 atom stereocenters. The van der Waals surface area contributed by atoms with Crippen LogP contribution < -0.4 is 22.9 Å². The van der Waals surface area contributed by atoms with E-state index in [-0.39, 0.29) is 12.0 Å². The summed E-state index contributed by atoms with van der Waals surface area (Å²) in [6, 6.07) is -0.350. The first-order valence-corrected chi connectivity index (χ1v) is 2.98. The van der Waals surface area contributed by atoms with Crippen molar-refractivity contribution in [1.29, 1.82) is 0 Å². The van der Waals surface area contributed by atoms with E-state index >= 15 is 0 Å². The lowest BCUT2D eigenvalue weighted by molar-refractivity contribution is 0.301. The van der Waals surface area contributed by atoms with E-state index in [1.54, 1.807) is 0 Å². The summed E-state index contributed by atoms with van der Waals surface area (Å²) in [5.41, 5.74) is 21.4. The lowest BCUT2D eigenvalue weighted by atomic mass is 10.00. The maximum absolute atomic E-state index is 5.52. The molecule has 56 valence electrons. The molecule has 0 spiro atoms. The van der Waals surface area contributed by atoms with Crippen molar-refractivity contribution < 1.29 is 0 Å². The summed E-state index contributed by atoms with van der Waals surface area (Å²) in [6.07, 6.45) is 0. The van der Waals surface area contributed by atoms with Crippen molar-refractivity contribution in [3.8, 4) is 0 Å². The van der Waals surface area contributed by atoms with Crippen molar-refractivity contribution in [2.24, 2.45) is 28.9 Å². The number of hydrogen-bond donors (Lipinski definition) is 4. The molecule has 0 rings (SSSR count). The van der Waals surface area contributed by atoms with Crippen molar-refractivity contribution in [3.63, 3.8) is 0 Å². The number of rotatable bonds is 2. The third-order valence-electron chi connectivity index (χ3n) is 1.30. The summed E-state index contributed by atoms with van der Waals surface area (Å²) in [7, 11) is 0. The SMILES string of the molecule is CC(C)C(N)C(N)(N)N. The van der Waals surface area contributed by atoms with Crippen LogP contribution in [0.2, 0.25) is 0 Å². The van der Waals surface area contributed by atoms with Crippen molar-refractivity contribution in [3.05, 3.63) is 0 Å². The van der Waals surface area contributed by atoms with Gasteiger partial charge in [0, 0.05) is 0 Å². The molecule has 0 radical (unpaired) electrons. The average molecular weight is 132 g/mol. The monoisotopic (exact) mass is 132 g/mol. The topological polar surface area (TPSA) is 104 Å². The van der Waals surface area contributed by atoms with E-state index < -0.39 is 5.79 Å². The Morgan fingerprint density at radius 1 is 1.11 bits per heavy atom. The van der Waals surface area contributed by atoms with E-state index in [1.165, 1.54) is 0 Å². The molecule has 9 heavy (non-hydrogen) atoms. The van der Waals surface area contributed by atoms with E-state index in [0.717, 1.165) is 0 Å². The van der Waals surface area contributed by atoms with Gasteiger partial charge in [-0.15, -0.1) is 0 Å². The Morgan fingerprint density at radius 2 is 1.44 bits per heavy atom. The van der Waals surface area contributed by atoms with Crippen LogP contribution in [0.3, 0.4) is 0 Å². The van der Waals surface area contributed by atoms with Crippen LogP contribution in [0.1, 0.15) is 13.8 Å². The van der Waals surface area contributed by atoms with Crippen LogP contribution in [0.4, 0.5) is 0 Å². The Balaban J connectivity index is 3.88. The van der Waals surface area contributed by atoms with E-state index in [9.17, 15) is 0 Å². The van der Waals surface area contributed by atoms with Crippen LogP contribution in [0, 0.1) is 5.92 Å². The van der Waals surface area contributed by atoms with Crippen LogP contribution in [-0.4, -0.2) is 11.8 Å². The van der Waals surface area contributed by atoms with E-state index in [2.05, 4.69) is 0 Å². The predicted octanol–water partition coefficient (Wildman–Crippen LogP) is -1.50. The fourth-order valence-corrected chi connectivity index (χ4v) is 0.577.